The Kier molecular flexibility index (Phi) is 6.02. The molecule has 3 heteroatoms. The molecule has 1 aliphatic heterocycles. The summed E-state index contributed by atoms with van der Waals surface area (Å²) in [5.41, 5.74) is 4.12. The van der Waals surface area contributed by atoms with Crippen molar-refractivity contribution in [2.24, 2.45) is 0 Å². The number of hydrogen-bond acceptors (Lipinski definition) is 3. The smallest absolute Gasteiger partial charge is 0.0589 e. The van der Waals surface area contributed by atoms with Crippen LogP contribution < -0.4 is 5.32 Å². The molecule has 1 aromatic rings. The number of rotatable bonds is 7. The van der Waals surface area contributed by atoms with Crippen molar-refractivity contribution in [1.29, 1.82) is 0 Å². The Hall–Kier alpha value is -0.900. The van der Waals surface area contributed by atoms with Crippen molar-refractivity contribution in [3.8, 4) is 0 Å². The van der Waals surface area contributed by atoms with Crippen molar-refractivity contribution in [3.05, 3.63) is 34.9 Å². The van der Waals surface area contributed by atoms with Crippen molar-refractivity contribution in [2.45, 2.75) is 39.3 Å². The van der Waals surface area contributed by atoms with Crippen LogP contribution in [-0.4, -0.2) is 44.3 Å². The summed E-state index contributed by atoms with van der Waals surface area (Å²) in [6, 6.07) is 7.49. The number of methoxy groups -OCH3 is 1. The molecule has 3 nitrogen and oxygen atoms in total. The number of aryl methyl sites for hydroxylation is 2. The molecule has 1 unspecified atom stereocenters. The number of ether oxygens (including phenoxy) is 1. The molecule has 1 aliphatic rings. The van der Waals surface area contributed by atoms with Crippen LogP contribution in [0.3, 0.4) is 0 Å². The Bertz CT molecular complexity index is 393. The lowest BCUT2D eigenvalue weighted by Crippen LogP contribution is -2.38. The van der Waals surface area contributed by atoms with Gasteiger partial charge in [0.25, 0.3) is 0 Å². The molecule has 1 atom stereocenters. The summed E-state index contributed by atoms with van der Waals surface area (Å²) in [7, 11) is 1.78. The van der Waals surface area contributed by atoms with Gasteiger partial charge >= 0.3 is 0 Å². The largest absolute Gasteiger partial charge is 0.383 e. The standard InChI is InChI=1S/C17H28N2O/c1-14-9-15(2)11-16(10-14)12-19(7-8-20-3)13-17-5-4-6-18-17/h9-11,17-18H,4-8,12-13H2,1-3H3. The van der Waals surface area contributed by atoms with Gasteiger partial charge in [0, 0.05) is 32.8 Å². The third-order valence-electron chi connectivity index (χ3n) is 3.94. The van der Waals surface area contributed by atoms with Gasteiger partial charge in [0.15, 0.2) is 0 Å². The average Bonchev–Trinajstić information content (AvgIpc) is 2.87. The first-order valence-corrected chi connectivity index (χ1v) is 7.69. The van der Waals surface area contributed by atoms with E-state index in [4.69, 9.17) is 4.74 Å². The van der Waals surface area contributed by atoms with Gasteiger partial charge in [-0.1, -0.05) is 29.3 Å². The molecule has 0 amide bonds. The van der Waals surface area contributed by atoms with E-state index in [1.54, 1.807) is 7.11 Å². The molecule has 2 rings (SSSR count). The molecule has 0 saturated carbocycles. The fraction of sp³-hybridized carbons (Fsp3) is 0.647. The lowest BCUT2D eigenvalue weighted by molar-refractivity contribution is 0.138. The highest BCUT2D eigenvalue weighted by Gasteiger charge is 2.18. The van der Waals surface area contributed by atoms with E-state index < -0.39 is 0 Å². The summed E-state index contributed by atoms with van der Waals surface area (Å²) in [5.74, 6) is 0. The van der Waals surface area contributed by atoms with Gasteiger partial charge in [-0.2, -0.15) is 0 Å². The first-order chi connectivity index (χ1) is 9.67. The fourth-order valence-electron chi connectivity index (χ4n) is 3.10. The van der Waals surface area contributed by atoms with Crippen LogP contribution in [0.4, 0.5) is 0 Å². The molecule has 0 aliphatic carbocycles. The van der Waals surface area contributed by atoms with Crippen molar-refractivity contribution in [3.63, 3.8) is 0 Å². The maximum atomic E-state index is 5.26. The quantitative estimate of drug-likeness (QED) is 0.828. The molecule has 1 aromatic carbocycles. The molecule has 0 aromatic heterocycles. The fourth-order valence-corrected chi connectivity index (χ4v) is 3.10. The molecule has 0 bridgehead atoms. The van der Waals surface area contributed by atoms with Crippen LogP contribution in [0.25, 0.3) is 0 Å². The van der Waals surface area contributed by atoms with Gasteiger partial charge in [0.1, 0.15) is 0 Å². The van der Waals surface area contributed by atoms with Crippen molar-refractivity contribution < 1.29 is 4.74 Å². The molecular weight excluding hydrogens is 248 g/mol. The van der Waals surface area contributed by atoms with Gasteiger partial charge in [-0.25, -0.2) is 0 Å². The minimum atomic E-state index is 0.651. The van der Waals surface area contributed by atoms with E-state index >= 15 is 0 Å². The first kappa shape index (κ1) is 15.5. The van der Waals surface area contributed by atoms with E-state index in [0.29, 0.717) is 6.04 Å². The lowest BCUT2D eigenvalue weighted by atomic mass is 10.1. The van der Waals surface area contributed by atoms with Gasteiger partial charge in [-0.05, 0) is 38.8 Å². The normalized spacial score (nSPS) is 18.9. The van der Waals surface area contributed by atoms with Crippen LogP contribution in [-0.2, 0) is 11.3 Å². The van der Waals surface area contributed by atoms with Crippen molar-refractivity contribution in [1.82, 2.24) is 10.2 Å². The second-order valence-electron chi connectivity index (χ2n) is 6.02. The number of hydrogen-bond donors (Lipinski definition) is 1. The summed E-state index contributed by atoms with van der Waals surface area (Å²) < 4.78 is 5.26. The van der Waals surface area contributed by atoms with Crippen LogP contribution in [0, 0.1) is 13.8 Å². The second-order valence-corrected chi connectivity index (χ2v) is 6.02. The van der Waals surface area contributed by atoms with Gasteiger partial charge in [0.2, 0.25) is 0 Å². The van der Waals surface area contributed by atoms with Crippen LogP contribution in [0.2, 0.25) is 0 Å². The van der Waals surface area contributed by atoms with Crippen LogP contribution in [0.15, 0.2) is 18.2 Å². The van der Waals surface area contributed by atoms with Gasteiger partial charge in [0.05, 0.1) is 6.61 Å². The van der Waals surface area contributed by atoms with Gasteiger partial charge < -0.3 is 10.1 Å². The Morgan fingerprint density at radius 2 is 2.00 bits per heavy atom. The zero-order valence-corrected chi connectivity index (χ0v) is 13.1. The SMILES string of the molecule is COCCN(Cc1cc(C)cc(C)c1)CC1CCCN1. The Balaban J connectivity index is 1.97. The van der Waals surface area contributed by atoms with Crippen molar-refractivity contribution >= 4 is 0 Å². The summed E-state index contributed by atoms with van der Waals surface area (Å²) in [5, 5.41) is 3.59. The maximum Gasteiger partial charge on any atom is 0.0589 e. The molecule has 112 valence electrons. The topological polar surface area (TPSA) is 24.5 Å². The average molecular weight is 276 g/mol. The zero-order chi connectivity index (χ0) is 14.4. The summed E-state index contributed by atoms with van der Waals surface area (Å²) in [4.78, 5) is 2.51. The van der Waals surface area contributed by atoms with E-state index in [1.165, 1.54) is 36.1 Å². The molecule has 1 fully saturated rings. The maximum absolute atomic E-state index is 5.26. The first-order valence-electron chi connectivity index (χ1n) is 7.69. The number of nitrogens with zero attached hydrogens (tertiary/aromatic N) is 1. The van der Waals surface area contributed by atoms with Crippen molar-refractivity contribution in [2.75, 3.05) is 33.4 Å². The molecular formula is C17H28N2O. The molecule has 1 heterocycles. The molecule has 1 N–H and O–H groups in total. The summed E-state index contributed by atoms with van der Waals surface area (Å²) in [6.07, 6.45) is 2.61. The highest BCUT2D eigenvalue weighted by molar-refractivity contribution is 5.28. The highest BCUT2D eigenvalue weighted by Crippen LogP contribution is 2.13. The Morgan fingerprint density at radius 1 is 1.25 bits per heavy atom. The van der Waals surface area contributed by atoms with E-state index in [2.05, 4.69) is 42.3 Å². The van der Waals surface area contributed by atoms with E-state index in [9.17, 15) is 0 Å². The third kappa shape index (κ3) is 4.89. The van der Waals surface area contributed by atoms with E-state index in [1.807, 2.05) is 0 Å². The predicted molar refractivity (Wildman–Crippen MR) is 84.1 cm³/mol. The Morgan fingerprint density at radius 3 is 2.60 bits per heavy atom. The third-order valence-corrected chi connectivity index (χ3v) is 3.94. The van der Waals surface area contributed by atoms with Crippen LogP contribution >= 0.6 is 0 Å². The van der Waals surface area contributed by atoms with Gasteiger partial charge in [-0.3, -0.25) is 4.90 Å². The monoisotopic (exact) mass is 276 g/mol. The minimum Gasteiger partial charge on any atom is -0.383 e. The minimum absolute atomic E-state index is 0.651. The second kappa shape index (κ2) is 7.77. The lowest BCUT2D eigenvalue weighted by Gasteiger charge is -2.25. The zero-order valence-electron chi connectivity index (χ0n) is 13.1. The summed E-state index contributed by atoms with van der Waals surface area (Å²) in [6.45, 7) is 9.47. The predicted octanol–water partition coefficient (Wildman–Crippen LogP) is 2.50. The molecule has 0 radical (unpaired) electrons. The number of nitrogens with one attached hydrogen (secondary N) is 1. The Labute approximate surface area is 123 Å². The molecule has 20 heavy (non-hydrogen) atoms. The highest BCUT2D eigenvalue weighted by atomic mass is 16.5. The molecule has 0 spiro atoms. The van der Waals surface area contributed by atoms with Crippen LogP contribution in [0.1, 0.15) is 29.5 Å². The van der Waals surface area contributed by atoms with Crippen LogP contribution in [0.5, 0.6) is 0 Å². The van der Waals surface area contributed by atoms with E-state index in [0.717, 1.165) is 26.2 Å². The molecule has 1 saturated heterocycles. The number of benzene rings is 1. The van der Waals surface area contributed by atoms with E-state index in [-0.39, 0.29) is 0 Å². The summed E-state index contributed by atoms with van der Waals surface area (Å²) >= 11 is 0. The van der Waals surface area contributed by atoms with Gasteiger partial charge in [-0.15, -0.1) is 0 Å².